The lowest BCUT2D eigenvalue weighted by molar-refractivity contribution is 0.409. The third kappa shape index (κ3) is 2.24. The first-order chi connectivity index (χ1) is 8.49. The third-order valence-corrected chi connectivity index (χ3v) is 3.74. The number of hydrogen-bond acceptors (Lipinski definition) is 2. The summed E-state index contributed by atoms with van der Waals surface area (Å²) in [7, 11) is 1.58. The summed E-state index contributed by atoms with van der Waals surface area (Å²) < 4.78 is 19.4. The van der Waals surface area contributed by atoms with Crippen molar-refractivity contribution >= 4 is 0 Å². The Morgan fingerprint density at radius 2 is 2.17 bits per heavy atom. The van der Waals surface area contributed by atoms with Gasteiger partial charge < -0.3 is 10.1 Å². The van der Waals surface area contributed by atoms with Crippen LogP contribution in [0.4, 0.5) is 4.39 Å². The van der Waals surface area contributed by atoms with Gasteiger partial charge in [0.2, 0.25) is 0 Å². The molecule has 0 amide bonds. The summed E-state index contributed by atoms with van der Waals surface area (Å²) in [6.07, 6.45) is 2.02. The summed E-state index contributed by atoms with van der Waals surface area (Å²) in [6, 6.07) is 3.70. The molecule has 0 heterocycles. The smallest absolute Gasteiger partial charge is 0.130 e. The van der Waals surface area contributed by atoms with Crippen LogP contribution in [0.1, 0.15) is 50.8 Å². The Morgan fingerprint density at radius 3 is 2.78 bits per heavy atom. The highest BCUT2D eigenvalue weighted by Crippen LogP contribution is 2.47. The molecule has 0 bridgehead atoms. The van der Waals surface area contributed by atoms with Crippen molar-refractivity contribution in [2.75, 3.05) is 13.7 Å². The van der Waals surface area contributed by atoms with Crippen LogP contribution in [0.15, 0.2) is 12.1 Å². The number of fused-ring (bicyclic) bond motifs is 1. The highest BCUT2D eigenvalue weighted by Gasteiger charge is 2.39. The first kappa shape index (κ1) is 13.3. The summed E-state index contributed by atoms with van der Waals surface area (Å²) in [6.45, 7) is 7.31. The molecule has 1 aromatic carbocycles. The van der Waals surface area contributed by atoms with E-state index in [1.54, 1.807) is 7.11 Å². The minimum absolute atomic E-state index is 0.114. The second kappa shape index (κ2) is 4.88. The zero-order valence-corrected chi connectivity index (χ0v) is 11.6. The summed E-state index contributed by atoms with van der Waals surface area (Å²) in [5, 5.41) is 3.50. The SMILES string of the molecule is CCCNC1CC(C)(C)c2c(F)cc(OC)cc21. The van der Waals surface area contributed by atoms with E-state index in [0.717, 1.165) is 30.5 Å². The van der Waals surface area contributed by atoms with E-state index in [1.165, 1.54) is 6.07 Å². The molecule has 1 unspecified atom stereocenters. The maximum atomic E-state index is 14.2. The highest BCUT2D eigenvalue weighted by atomic mass is 19.1. The molecule has 0 spiro atoms. The van der Waals surface area contributed by atoms with Crippen LogP contribution in [0, 0.1) is 5.82 Å². The summed E-state index contributed by atoms with van der Waals surface area (Å²) in [5.41, 5.74) is 1.79. The normalized spacial score (nSPS) is 20.8. The van der Waals surface area contributed by atoms with E-state index in [4.69, 9.17) is 4.74 Å². The minimum atomic E-state index is -0.143. The first-order valence-electron chi connectivity index (χ1n) is 6.61. The summed E-state index contributed by atoms with van der Waals surface area (Å²) in [5.74, 6) is 0.461. The Bertz CT molecular complexity index is 442. The van der Waals surface area contributed by atoms with E-state index < -0.39 is 0 Å². The largest absolute Gasteiger partial charge is 0.497 e. The van der Waals surface area contributed by atoms with Crippen LogP contribution in [-0.4, -0.2) is 13.7 Å². The van der Waals surface area contributed by atoms with Gasteiger partial charge in [0.15, 0.2) is 0 Å². The average Bonchev–Trinajstić information content (AvgIpc) is 2.58. The molecule has 0 aliphatic heterocycles. The topological polar surface area (TPSA) is 21.3 Å². The molecule has 2 nitrogen and oxygen atoms in total. The summed E-state index contributed by atoms with van der Waals surface area (Å²) in [4.78, 5) is 0. The maximum Gasteiger partial charge on any atom is 0.130 e. The van der Waals surface area contributed by atoms with E-state index in [-0.39, 0.29) is 17.3 Å². The van der Waals surface area contributed by atoms with E-state index in [9.17, 15) is 4.39 Å². The van der Waals surface area contributed by atoms with Gasteiger partial charge in [-0.1, -0.05) is 20.8 Å². The molecule has 1 N–H and O–H groups in total. The fourth-order valence-corrected chi connectivity index (χ4v) is 2.93. The molecule has 18 heavy (non-hydrogen) atoms. The van der Waals surface area contributed by atoms with E-state index >= 15 is 0 Å². The van der Waals surface area contributed by atoms with Gasteiger partial charge in [0.1, 0.15) is 11.6 Å². The minimum Gasteiger partial charge on any atom is -0.497 e. The second-order valence-corrected chi connectivity index (χ2v) is 5.67. The monoisotopic (exact) mass is 251 g/mol. The lowest BCUT2D eigenvalue weighted by Crippen LogP contribution is -2.22. The van der Waals surface area contributed by atoms with E-state index in [1.807, 2.05) is 6.07 Å². The number of nitrogens with one attached hydrogen (secondary N) is 1. The van der Waals surface area contributed by atoms with Crippen molar-refractivity contribution in [1.82, 2.24) is 5.32 Å². The Morgan fingerprint density at radius 1 is 1.44 bits per heavy atom. The molecule has 0 fully saturated rings. The Balaban J connectivity index is 2.43. The molecule has 1 atom stereocenters. The summed E-state index contributed by atoms with van der Waals surface area (Å²) >= 11 is 0. The Labute approximate surface area is 109 Å². The quantitative estimate of drug-likeness (QED) is 0.883. The number of benzene rings is 1. The zero-order chi connectivity index (χ0) is 13.3. The van der Waals surface area contributed by atoms with Crippen molar-refractivity contribution in [3.63, 3.8) is 0 Å². The highest BCUT2D eigenvalue weighted by molar-refractivity contribution is 5.46. The van der Waals surface area contributed by atoms with Gasteiger partial charge in [-0.15, -0.1) is 0 Å². The van der Waals surface area contributed by atoms with Gasteiger partial charge in [-0.05, 0) is 42.0 Å². The fraction of sp³-hybridized carbons (Fsp3) is 0.600. The lowest BCUT2D eigenvalue weighted by Gasteiger charge is -2.20. The molecule has 0 aromatic heterocycles. The van der Waals surface area contributed by atoms with Gasteiger partial charge in [0, 0.05) is 12.1 Å². The van der Waals surface area contributed by atoms with Gasteiger partial charge in [0.25, 0.3) is 0 Å². The molecule has 100 valence electrons. The van der Waals surface area contributed by atoms with Crippen LogP contribution in [0.5, 0.6) is 5.75 Å². The number of halogens is 1. The standard InChI is InChI=1S/C15H22FNO/c1-5-6-17-13-9-15(2,3)14-11(13)7-10(18-4)8-12(14)16/h7-8,13,17H,5-6,9H2,1-4H3. The average molecular weight is 251 g/mol. The maximum absolute atomic E-state index is 14.2. The van der Waals surface area contributed by atoms with Crippen molar-refractivity contribution in [3.05, 3.63) is 29.1 Å². The Hall–Kier alpha value is -1.09. The molecule has 3 heteroatoms. The van der Waals surface area contributed by atoms with Crippen molar-refractivity contribution in [1.29, 1.82) is 0 Å². The van der Waals surface area contributed by atoms with Crippen LogP contribution >= 0.6 is 0 Å². The van der Waals surface area contributed by atoms with E-state index in [2.05, 4.69) is 26.1 Å². The van der Waals surface area contributed by atoms with Crippen molar-refractivity contribution in [3.8, 4) is 5.75 Å². The number of rotatable bonds is 4. The van der Waals surface area contributed by atoms with E-state index in [0.29, 0.717) is 5.75 Å². The van der Waals surface area contributed by atoms with Gasteiger partial charge in [0.05, 0.1) is 7.11 Å². The molecule has 0 radical (unpaired) electrons. The third-order valence-electron chi connectivity index (χ3n) is 3.74. The van der Waals surface area contributed by atoms with Gasteiger partial charge >= 0.3 is 0 Å². The fourth-order valence-electron chi connectivity index (χ4n) is 2.93. The van der Waals surface area contributed by atoms with Crippen molar-refractivity contribution < 1.29 is 9.13 Å². The Kier molecular flexibility index (Phi) is 3.62. The predicted molar refractivity (Wildman–Crippen MR) is 71.6 cm³/mol. The van der Waals surface area contributed by atoms with Gasteiger partial charge in [-0.3, -0.25) is 0 Å². The van der Waals surface area contributed by atoms with Crippen molar-refractivity contribution in [2.45, 2.75) is 45.1 Å². The zero-order valence-electron chi connectivity index (χ0n) is 11.6. The number of hydrogen-bond donors (Lipinski definition) is 1. The van der Waals surface area contributed by atoms with Crippen molar-refractivity contribution in [2.24, 2.45) is 0 Å². The van der Waals surface area contributed by atoms with Gasteiger partial charge in [-0.25, -0.2) is 4.39 Å². The molecule has 1 aliphatic rings. The molecule has 2 rings (SSSR count). The van der Waals surface area contributed by atoms with Crippen LogP contribution < -0.4 is 10.1 Å². The predicted octanol–water partition coefficient (Wildman–Crippen LogP) is 3.56. The molecule has 1 aromatic rings. The number of methoxy groups -OCH3 is 1. The second-order valence-electron chi connectivity index (χ2n) is 5.67. The lowest BCUT2D eigenvalue weighted by atomic mass is 9.86. The van der Waals surface area contributed by atoms with Gasteiger partial charge in [-0.2, -0.15) is 0 Å². The molecule has 1 aliphatic carbocycles. The molecular formula is C15H22FNO. The van der Waals surface area contributed by atoms with Crippen LogP contribution in [-0.2, 0) is 5.41 Å². The van der Waals surface area contributed by atoms with Crippen LogP contribution in [0.3, 0.4) is 0 Å². The molecular weight excluding hydrogens is 229 g/mol. The first-order valence-corrected chi connectivity index (χ1v) is 6.61. The number of ether oxygens (including phenoxy) is 1. The van der Waals surface area contributed by atoms with Crippen LogP contribution in [0.2, 0.25) is 0 Å². The van der Waals surface area contributed by atoms with Crippen LogP contribution in [0.25, 0.3) is 0 Å². The molecule has 0 saturated heterocycles. The molecule has 0 saturated carbocycles.